The highest BCUT2D eigenvalue weighted by Crippen LogP contribution is 2.17. The Bertz CT molecular complexity index is 1380. The van der Waals surface area contributed by atoms with Crippen molar-refractivity contribution in [1.29, 1.82) is 0 Å². The Kier molecular flexibility index (Phi) is 5.33. The predicted molar refractivity (Wildman–Crippen MR) is 123 cm³/mol. The lowest BCUT2D eigenvalue weighted by Crippen LogP contribution is -2.50. The first-order valence-electron chi connectivity index (χ1n) is 10.8. The Morgan fingerprint density at radius 1 is 0.970 bits per heavy atom. The third kappa shape index (κ3) is 4.07. The molecule has 33 heavy (non-hydrogen) atoms. The highest BCUT2D eigenvalue weighted by atomic mass is 16.2. The van der Waals surface area contributed by atoms with Gasteiger partial charge in [0.05, 0.1) is 22.9 Å². The van der Waals surface area contributed by atoms with E-state index in [2.05, 4.69) is 25.0 Å². The molecular weight excluding hydrogens is 420 g/mol. The number of hydrogen-bond donors (Lipinski definition) is 0. The number of carbonyl (C=O) groups excluding carboxylic acids is 1. The molecule has 0 atom stereocenters. The zero-order valence-corrected chi connectivity index (χ0v) is 18.5. The molecule has 168 valence electrons. The number of aromatic nitrogens is 6. The van der Waals surface area contributed by atoms with Crippen LogP contribution in [-0.4, -0.2) is 66.3 Å². The van der Waals surface area contributed by atoms with Gasteiger partial charge in [0.1, 0.15) is 18.7 Å². The molecule has 10 heteroatoms. The predicted octanol–water partition coefficient (Wildman–Crippen LogP) is 1.34. The van der Waals surface area contributed by atoms with Crippen LogP contribution in [-0.2, 0) is 11.3 Å². The van der Waals surface area contributed by atoms with Gasteiger partial charge in [-0.25, -0.2) is 19.6 Å². The van der Waals surface area contributed by atoms with Gasteiger partial charge >= 0.3 is 0 Å². The third-order valence-corrected chi connectivity index (χ3v) is 5.86. The van der Waals surface area contributed by atoms with E-state index in [9.17, 15) is 9.59 Å². The zero-order chi connectivity index (χ0) is 22.9. The van der Waals surface area contributed by atoms with E-state index < -0.39 is 0 Å². The molecule has 3 aromatic heterocycles. The molecule has 0 unspecified atom stereocenters. The molecule has 1 aliphatic heterocycles. The van der Waals surface area contributed by atoms with Crippen LogP contribution in [0.2, 0.25) is 0 Å². The van der Waals surface area contributed by atoms with E-state index in [-0.39, 0.29) is 18.0 Å². The quantitative estimate of drug-likeness (QED) is 0.468. The van der Waals surface area contributed by atoms with Crippen molar-refractivity contribution in [3.8, 4) is 5.82 Å². The Morgan fingerprint density at radius 3 is 2.48 bits per heavy atom. The first-order valence-corrected chi connectivity index (χ1v) is 10.8. The highest BCUT2D eigenvalue weighted by molar-refractivity contribution is 5.79. The number of rotatable bonds is 4. The standard InChI is InChI=1S/C23H24N8O2/c1-16-11-17(2)31(27-16)21-12-20(24-14-25-21)28-7-9-29(10-8-28)22(32)13-30-15-26-19-6-4-3-5-18(19)23(30)33/h3-6,11-12,14-15H,7-10,13H2,1-2H3. The van der Waals surface area contributed by atoms with Crippen molar-refractivity contribution in [2.24, 2.45) is 0 Å². The fourth-order valence-electron chi connectivity index (χ4n) is 4.14. The Balaban J connectivity index is 1.26. The van der Waals surface area contributed by atoms with Gasteiger partial charge in [0.15, 0.2) is 5.82 Å². The maximum Gasteiger partial charge on any atom is 0.261 e. The van der Waals surface area contributed by atoms with Crippen molar-refractivity contribution < 1.29 is 4.79 Å². The van der Waals surface area contributed by atoms with E-state index in [1.807, 2.05) is 32.0 Å². The minimum absolute atomic E-state index is 0.0216. The van der Waals surface area contributed by atoms with Crippen LogP contribution in [0.4, 0.5) is 5.82 Å². The lowest BCUT2D eigenvalue weighted by molar-refractivity contribution is -0.132. The van der Waals surface area contributed by atoms with Gasteiger partial charge in [-0.2, -0.15) is 5.10 Å². The molecule has 1 aliphatic rings. The van der Waals surface area contributed by atoms with Crippen molar-refractivity contribution in [3.05, 3.63) is 70.8 Å². The average Bonchev–Trinajstić information content (AvgIpc) is 3.19. The first kappa shape index (κ1) is 20.8. The summed E-state index contributed by atoms with van der Waals surface area (Å²) >= 11 is 0. The minimum atomic E-state index is -0.203. The topological polar surface area (TPSA) is 102 Å². The van der Waals surface area contributed by atoms with E-state index in [1.54, 1.807) is 27.8 Å². The molecular formula is C23H24N8O2. The fraction of sp³-hybridized carbons (Fsp3) is 0.304. The summed E-state index contributed by atoms with van der Waals surface area (Å²) in [4.78, 5) is 42.5. The van der Waals surface area contributed by atoms with Crippen LogP contribution in [0.15, 0.2) is 53.8 Å². The van der Waals surface area contributed by atoms with Crippen molar-refractivity contribution in [2.75, 3.05) is 31.1 Å². The van der Waals surface area contributed by atoms with E-state index in [0.717, 1.165) is 17.2 Å². The van der Waals surface area contributed by atoms with Gasteiger partial charge in [0.25, 0.3) is 5.56 Å². The van der Waals surface area contributed by atoms with Crippen molar-refractivity contribution >= 4 is 22.6 Å². The van der Waals surface area contributed by atoms with E-state index >= 15 is 0 Å². The molecule has 1 amide bonds. The van der Waals surface area contributed by atoms with Crippen LogP contribution < -0.4 is 10.5 Å². The summed E-state index contributed by atoms with van der Waals surface area (Å²) in [5.74, 6) is 1.42. The minimum Gasteiger partial charge on any atom is -0.353 e. The molecule has 1 fully saturated rings. The van der Waals surface area contributed by atoms with E-state index in [1.165, 1.54) is 17.2 Å². The molecule has 0 bridgehead atoms. The molecule has 1 aromatic carbocycles. The number of hydrogen-bond acceptors (Lipinski definition) is 7. The summed E-state index contributed by atoms with van der Waals surface area (Å²) in [6, 6.07) is 11.1. The second kappa shape index (κ2) is 8.45. The normalized spacial score (nSPS) is 14.1. The number of para-hydroxylation sites is 1. The Labute approximate surface area is 190 Å². The Hall–Kier alpha value is -4.08. The lowest BCUT2D eigenvalue weighted by Gasteiger charge is -2.35. The van der Waals surface area contributed by atoms with Gasteiger partial charge < -0.3 is 9.80 Å². The molecule has 4 aromatic rings. The van der Waals surface area contributed by atoms with Crippen molar-refractivity contribution in [1.82, 2.24) is 34.2 Å². The van der Waals surface area contributed by atoms with Gasteiger partial charge in [0.2, 0.25) is 5.91 Å². The van der Waals surface area contributed by atoms with Crippen LogP contribution in [0.1, 0.15) is 11.4 Å². The van der Waals surface area contributed by atoms with Crippen LogP contribution >= 0.6 is 0 Å². The second-order valence-electron chi connectivity index (χ2n) is 8.14. The maximum atomic E-state index is 12.9. The molecule has 1 saturated heterocycles. The van der Waals surface area contributed by atoms with Crippen molar-refractivity contribution in [3.63, 3.8) is 0 Å². The number of benzene rings is 1. The number of aryl methyl sites for hydroxylation is 2. The van der Waals surface area contributed by atoms with Crippen LogP contribution in [0.3, 0.4) is 0 Å². The number of amides is 1. The second-order valence-corrected chi connectivity index (χ2v) is 8.14. The maximum absolute atomic E-state index is 12.9. The molecule has 0 N–H and O–H groups in total. The van der Waals surface area contributed by atoms with Crippen LogP contribution in [0.5, 0.6) is 0 Å². The summed E-state index contributed by atoms with van der Waals surface area (Å²) in [5, 5.41) is 5.00. The molecule has 0 spiro atoms. The van der Waals surface area contributed by atoms with E-state index in [0.29, 0.717) is 42.9 Å². The largest absolute Gasteiger partial charge is 0.353 e. The third-order valence-electron chi connectivity index (χ3n) is 5.86. The Morgan fingerprint density at radius 2 is 1.73 bits per heavy atom. The number of nitrogens with zero attached hydrogens (tertiary/aromatic N) is 8. The molecule has 5 rings (SSSR count). The van der Waals surface area contributed by atoms with Gasteiger partial charge in [-0.1, -0.05) is 12.1 Å². The molecule has 0 radical (unpaired) electrons. The number of piperazine rings is 1. The number of carbonyl (C=O) groups is 1. The molecule has 0 aliphatic carbocycles. The van der Waals surface area contributed by atoms with Crippen LogP contribution in [0, 0.1) is 13.8 Å². The van der Waals surface area contributed by atoms with Gasteiger partial charge in [-0.15, -0.1) is 0 Å². The first-order chi connectivity index (χ1) is 16.0. The van der Waals surface area contributed by atoms with Gasteiger partial charge in [0, 0.05) is 37.9 Å². The zero-order valence-electron chi connectivity index (χ0n) is 18.5. The van der Waals surface area contributed by atoms with E-state index in [4.69, 9.17) is 0 Å². The molecule has 4 heterocycles. The average molecular weight is 444 g/mol. The lowest BCUT2D eigenvalue weighted by atomic mass is 10.2. The van der Waals surface area contributed by atoms with Crippen molar-refractivity contribution in [2.45, 2.75) is 20.4 Å². The summed E-state index contributed by atoms with van der Waals surface area (Å²) in [6.45, 7) is 6.30. The highest BCUT2D eigenvalue weighted by Gasteiger charge is 2.23. The molecule has 10 nitrogen and oxygen atoms in total. The van der Waals surface area contributed by atoms with Gasteiger partial charge in [-0.3, -0.25) is 14.2 Å². The monoisotopic (exact) mass is 444 g/mol. The fourth-order valence-corrected chi connectivity index (χ4v) is 4.14. The molecule has 0 saturated carbocycles. The smallest absolute Gasteiger partial charge is 0.261 e. The van der Waals surface area contributed by atoms with Gasteiger partial charge in [-0.05, 0) is 32.0 Å². The summed E-state index contributed by atoms with van der Waals surface area (Å²) in [6.07, 6.45) is 2.98. The summed E-state index contributed by atoms with van der Waals surface area (Å²) < 4.78 is 3.18. The summed E-state index contributed by atoms with van der Waals surface area (Å²) in [7, 11) is 0. The SMILES string of the molecule is Cc1cc(C)n(-c2cc(N3CCN(C(=O)Cn4cnc5ccccc5c4=O)CC3)ncn2)n1. The number of anilines is 1. The number of fused-ring (bicyclic) bond motifs is 1. The van der Waals surface area contributed by atoms with Crippen LogP contribution in [0.25, 0.3) is 16.7 Å². The summed E-state index contributed by atoms with van der Waals surface area (Å²) in [5.41, 5.74) is 2.36.